The highest BCUT2D eigenvalue weighted by Gasteiger charge is 2.67. The van der Waals surface area contributed by atoms with Gasteiger partial charge in [-0.2, -0.15) is 0 Å². The van der Waals surface area contributed by atoms with Crippen LogP contribution in [0.1, 0.15) is 23.7 Å². The molecule has 5 heteroatoms. The van der Waals surface area contributed by atoms with Crippen LogP contribution in [0.15, 0.2) is 36.4 Å². The molecule has 5 nitrogen and oxygen atoms in total. The maximum atomic E-state index is 13.0. The molecule has 25 heavy (non-hydrogen) atoms. The zero-order valence-corrected chi connectivity index (χ0v) is 13.9. The molecule has 0 unspecified atom stereocenters. The lowest BCUT2D eigenvalue weighted by atomic mass is 9.63. The Morgan fingerprint density at radius 3 is 2.12 bits per heavy atom. The van der Waals surface area contributed by atoms with Crippen molar-refractivity contribution >= 4 is 23.5 Å². The van der Waals surface area contributed by atoms with Gasteiger partial charge in [-0.1, -0.05) is 12.2 Å². The molecule has 6 atom stereocenters. The molecule has 2 bridgehead atoms. The van der Waals surface area contributed by atoms with Crippen LogP contribution in [-0.4, -0.2) is 24.4 Å². The summed E-state index contributed by atoms with van der Waals surface area (Å²) in [4.78, 5) is 39.1. The molecule has 2 saturated carbocycles. The van der Waals surface area contributed by atoms with Crippen molar-refractivity contribution in [2.45, 2.75) is 13.3 Å². The van der Waals surface area contributed by atoms with Crippen molar-refractivity contribution in [3.63, 3.8) is 0 Å². The van der Waals surface area contributed by atoms with Crippen molar-refractivity contribution in [3.8, 4) is 0 Å². The minimum atomic E-state index is -0.399. The smallest absolute Gasteiger partial charge is 0.338 e. The van der Waals surface area contributed by atoms with Crippen molar-refractivity contribution in [1.82, 2.24) is 0 Å². The van der Waals surface area contributed by atoms with Gasteiger partial charge in [0.05, 0.1) is 29.7 Å². The number of amides is 2. The molecule has 2 amide bonds. The number of ether oxygens (including phenoxy) is 1. The van der Waals surface area contributed by atoms with Crippen LogP contribution in [0.3, 0.4) is 0 Å². The molecule has 5 aliphatic rings. The van der Waals surface area contributed by atoms with Gasteiger partial charge in [-0.15, -0.1) is 0 Å². The number of benzene rings is 1. The Morgan fingerprint density at radius 1 is 1.04 bits per heavy atom. The first-order chi connectivity index (χ1) is 12.1. The van der Waals surface area contributed by atoms with E-state index in [2.05, 4.69) is 12.2 Å². The molecule has 0 spiro atoms. The number of hydrogen-bond acceptors (Lipinski definition) is 4. The van der Waals surface area contributed by atoms with Crippen LogP contribution in [-0.2, 0) is 14.3 Å². The Balaban J connectivity index is 1.45. The summed E-state index contributed by atoms with van der Waals surface area (Å²) in [6.45, 7) is 2.06. The summed E-state index contributed by atoms with van der Waals surface area (Å²) in [5.41, 5.74) is 0.968. The van der Waals surface area contributed by atoms with Crippen LogP contribution in [0.5, 0.6) is 0 Å². The van der Waals surface area contributed by atoms with Crippen LogP contribution < -0.4 is 4.90 Å². The van der Waals surface area contributed by atoms with Gasteiger partial charge < -0.3 is 4.74 Å². The number of esters is 1. The molecule has 4 aliphatic carbocycles. The minimum absolute atomic E-state index is 0.0800. The van der Waals surface area contributed by atoms with Gasteiger partial charge in [-0.3, -0.25) is 14.5 Å². The molecule has 0 N–H and O–H groups in total. The average Bonchev–Trinajstić information content (AvgIpc) is 3.40. The average molecular weight is 337 g/mol. The van der Waals surface area contributed by atoms with Crippen LogP contribution in [0.2, 0.25) is 0 Å². The second-order valence-corrected chi connectivity index (χ2v) is 7.43. The summed E-state index contributed by atoms with van der Waals surface area (Å²) in [6.07, 6.45) is 5.49. The van der Waals surface area contributed by atoms with Crippen LogP contribution in [0, 0.1) is 35.5 Å². The molecular formula is C20H19NO4. The molecule has 6 rings (SSSR count). The Bertz CT molecular complexity index is 775. The number of imide groups is 1. The van der Waals surface area contributed by atoms with Crippen LogP contribution in [0.25, 0.3) is 0 Å². The van der Waals surface area contributed by atoms with E-state index in [9.17, 15) is 14.4 Å². The fourth-order valence-corrected chi connectivity index (χ4v) is 5.17. The number of anilines is 1. The second-order valence-electron chi connectivity index (χ2n) is 7.43. The summed E-state index contributed by atoms with van der Waals surface area (Å²) < 4.78 is 4.97. The van der Waals surface area contributed by atoms with Gasteiger partial charge in [0, 0.05) is 0 Å². The topological polar surface area (TPSA) is 63.7 Å². The van der Waals surface area contributed by atoms with E-state index in [1.165, 1.54) is 4.90 Å². The van der Waals surface area contributed by atoms with Crippen LogP contribution in [0.4, 0.5) is 5.69 Å². The molecule has 128 valence electrons. The van der Waals surface area contributed by atoms with E-state index in [-0.39, 0.29) is 35.5 Å². The Labute approximate surface area is 145 Å². The first kappa shape index (κ1) is 14.9. The highest BCUT2D eigenvalue weighted by Crippen LogP contribution is 2.65. The molecular weight excluding hydrogens is 318 g/mol. The summed E-state index contributed by atoms with van der Waals surface area (Å²) >= 11 is 0. The predicted molar refractivity (Wildman–Crippen MR) is 89.6 cm³/mol. The van der Waals surface area contributed by atoms with Crippen molar-refractivity contribution < 1.29 is 19.1 Å². The number of carbonyl (C=O) groups is 3. The third-order valence-corrected chi connectivity index (χ3v) is 6.30. The fourth-order valence-electron chi connectivity index (χ4n) is 5.17. The number of nitrogens with zero attached hydrogens (tertiary/aromatic N) is 1. The van der Waals surface area contributed by atoms with Crippen molar-refractivity contribution in [1.29, 1.82) is 0 Å². The zero-order valence-electron chi connectivity index (χ0n) is 13.9. The van der Waals surface area contributed by atoms with Gasteiger partial charge in [0.25, 0.3) is 0 Å². The highest BCUT2D eigenvalue weighted by molar-refractivity contribution is 6.22. The quantitative estimate of drug-likeness (QED) is 0.483. The van der Waals surface area contributed by atoms with Gasteiger partial charge in [0.1, 0.15) is 0 Å². The fraction of sp³-hybridized carbons (Fsp3) is 0.450. The van der Waals surface area contributed by atoms with E-state index >= 15 is 0 Å². The summed E-state index contributed by atoms with van der Waals surface area (Å²) in [6, 6.07) is 6.55. The number of rotatable bonds is 3. The monoisotopic (exact) mass is 337 g/mol. The Kier molecular flexibility index (Phi) is 3.00. The first-order valence-corrected chi connectivity index (χ1v) is 8.95. The third-order valence-electron chi connectivity index (χ3n) is 6.30. The molecule has 1 saturated heterocycles. The van der Waals surface area contributed by atoms with E-state index in [0.29, 0.717) is 29.7 Å². The Hall–Kier alpha value is -2.43. The summed E-state index contributed by atoms with van der Waals surface area (Å²) in [5.74, 6) is 0.682. The largest absolute Gasteiger partial charge is 0.462 e. The lowest BCUT2D eigenvalue weighted by Crippen LogP contribution is -2.40. The molecule has 1 aromatic rings. The van der Waals surface area contributed by atoms with E-state index in [0.717, 1.165) is 6.42 Å². The van der Waals surface area contributed by atoms with Gasteiger partial charge in [-0.25, -0.2) is 4.79 Å². The Morgan fingerprint density at radius 2 is 1.60 bits per heavy atom. The van der Waals surface area contributed by atoms with E-state index in [4.69, 9.17) is 4.74 Å². The lowest BCUT2D eigenvalue weighted by Gasteiger charge is -2.37. The van der Waals surface area contributed by atoms with Gasteiger partial charge in [0.2, 0.25) is 11.8 Å². The van der Waals surface area contributed by atoms with Crippen LogP contribution >= 0.6 is 0 Å². The van der Waals surface area contributed by atoms with E-state index < -0.39 is 5.97 Å². The standard InChI is InChI=1S/C20H19NO4/c1-2-25-20(24)10-3-5-11(6-4-10)21-18(22)16-12-7-8-13(15-9-14(12)15)17(16)19(21)23/h3-8,12-17H,2,9H2,1H3/t12-,13+,14-,15-,16+,17-/m1/s1. The SMILES string of the molecule is CCOC(=O)c1ccc(N2C(=O)[C@@H]3[C@H]4C=C[C@H]([C@H]5C[C@H]45)[C@@H]3C2=O)cc1. The third kappa shape index (κ3) is 1.92. The van der Waals surface area contributed by atoms with E-state index in [1.807, 2.05) is 0 Å². The maximum absolute atomic E-state index is 13.0. The minimum Gasteiger partial charge on any atom is -0.462 e. The summed E-state index contributed by atoms with van der Waals surface area (Å²) in [5, 5.41) is 0. The second kappa shape index (κ2) is 5.04. The first-order valence-electron chi connectivity index (χ1n) is 8.95. The molecule has 0 radical (unpaired) electrons. The molecule has 1 aromatic carbocycles. The predicted octanol–water partition coefficient (Wildman–Crippen LogP) is 2.42. The van der Waals surface area contributed by atoms with Crippen molar-refractivity contribution in [2.24, 2.45) is 35.5 Å². The van der Waals surface area contributed by atoms with E-state index in [1.54, 1.807) is 31.2 Å². The maximum Gasteiger partial charge on any atom is 0.338 e. The van der Waals surface area contributed by atoms with Gasteiger partial charge in [0.15, 0.2) is 0 Å². The zero-order chi connectivity index (χ0) is 17.3. The van der Waals surface area contributed by atoms with Crippen molar-refractivity contribution in [3.05, 3.63) is 42.0 Å². The number of allylic oxidation sites excluding steroid dienone is 2. The number of carbonyl (C=O) groups excluding carboxylic acids is 3. The van der Waals surface area contributed by atoms with Crippen molar-refractivity contribution in [2.75, 3.05) is 11.5 Å². The number of hydrogen-bond donors (Lipinski definition) is 0. The molecule has 1 heterocycles. The van der Waals surface area contributed by atoms with Gasteiger partial charge in [-0.05, 0) is 61.3 Å². The highest BCUT2D eigenvalue weighted by atomic mass is 16.5. The van der Waals surface area contributed by atoms with Gasteiger partial charge >= 0.3 is 5.97 Å². The molecule has 1 aliphatic heterocycles. The molecule has 0 aromatic heterocycles. The molecule has 3 fully saturated rings. The lowest BCUT2D eigenvalue weighted by molar-refractivity contribution is -0.124. The summed E-state index contributed by atoms with van der Waals surface area (Å²) in [7, 11) is 0. The normalized spacial score (nSPS) is 37.1.